The predicted octanol–water partition coefficient (Wildman–Crippen LogP) is -7.23. The summed E-state index contributed by atoms with van der Waals surface area (Å²) in [5.41, 5.74) is 8.12. The molecule has 0 aliphatic carbocycles. The highest BCUT2D eigenvalue weighted by molar-refractivity contribution is 7.80. The molecule has 3 rings (SSSR count). The van der Waals surface area contributed by atoms with E-state index >= 15 is 0 Å². The van der Waals surface area contributed by atoms with Crippen molar-refractivity contribution in [3.8, 4) is 0 Å². The number of anilines is 1. The maximum Gasteiger partial charge on any atom is 0.469 e. The van der Waals surface area contributed by atoms with Gasteiger partial charge in [-0.05, 0) is 18.2 Å². The van der Waals surface area contributed by atoms with Crippen molar-refractivity contribution in [2.75, 3.05) is 31.2 Å². The number of hydrogen-bond donors (Lipinski definition) is 15. The number of ether oxygens (including phenoxy) is 2. The molecule has 2 amide bonds. The standard InChI is InChI=1S/C15H27N3O10S.C9H14N3O8P/c16-15(18-10(23)5-17-9(22)2-1-3-29)8(21)4-14(27,13(25)26)28-12(15)11(24)7(20)6-19;10-5-1-2-12(9(15)11-5)8-7(14)6(13)4(20-8)3-19-21(16,17)18/h7-8,11-12,19-21,24,27,29H,1-6,16H2,(H,17,22)(H,18,23)(H,25,26);1-2,4,6-8,13-14H,3H2,(H2,10,11,15)(H2,16,17,18)/t7-,8+,11-,12+,14+,15+;4-,6-,7-,8-/m11/s1. The third-order valence-corrected chi connectivity index (χ3v) is 8.08. The summed E-state index contributed by atoms with van der Waals surface area (Å²) in [6, 6.07) is 1.29. The summed E-state index contributed by atoms with van der Waals surface area (Å²) >= 11 is 3.95. The number of carbonyl (C=O) groups excluding carboxylic acids is 2. The van der Waals surface area contributed by atoms with E-state index in [1.54, 1.807) is 0 Å². The monoisotopic (exact) mass is 764 g/mol. The van der Waals surface area contributed by atoms with Crippen LogP contribution in [0, 0.1) is 0 Å². The van der Waals surface area contributed by atoms with Crippen LogP contribution in [0.2, 0.25) is 0 Å². The van der Waals surface area contributed by atoms with E-state index in [0.717, 1.165) is 4.57 Å². The van der Waals surface area contributed by atoms with E-state index < -0.39 is 118 Å². The van der Waals surface area contributed by atoms with Gasteiger partial charge in [0.2, 0.25) is 11.8 Å². The Balaban J connectivity index is 0.000000364. The SMILES string of the molecule is N[C@]1(NC(=O)CNC(=O)CCCS)[C@@H](O)C[C@@](O)(C(=O)O)O[C@H]1[C@H](O)[C@H](O)CO.Nc1ccn([C@@H]2O[C@H](COP(=O)(O)O)[C@@H](O)[C@H]2O)c(=O)n1. The van der Waals surface area contributed by atoms with Crippen molar-refractivity contribution in [3.63, 3.8) is 0 Å². The number of aliphatic carboxylic acids is 1. The van der Waals surface area contributed by atoms with Gasteiger partial charge in [-0.3, -0.25) is 18.7 Å². The van der Waals surface area contributed by atoms with E-state index in [0.29, 0.717) is 12.2 Å². The van der Waals surface area contributed by atoms with Crippen LogP contribution in [0.4, 0.5) is 5.82 Å². The Labute approximate surface area is 287 Å². The number of aromatic nitrogens is 2. The maximum atomic E-state index is 12.2. The first kappa shape index (κ1) is 43.3. The third kappa shape index (κ3) is 11.3. The van der Waals surface area contributed by atoms with Gasteiger partial charge in [0.1, 0.15) is 48.1 Å². The normalized spacial score (nSPS) is 30.8. The first-order valence-corrected chi connectivity index (χ1v) is 16.6. The van der Waals surface area contributed by atoms with Gasteiger partial charge in [-0.25, -0.2) is 14.2 Å². The Bertz CT molecular complexity index is 1440. The minimum absolute atomic E-state index is 0.0225. The average Bonchev–Trinajstić information content (AvgIpc) is 3.31. The van der Waals surface area contributed by atoms with Gasteiger partial charge in [0.25, 0.3) is 5.79 Å². The molecule has 0 radical (unpaired) electrons. The van der Waals surface area contributed by atoms with Crippen LogP contribution in [0.25, 0.3) is 0 Å². The molecule has 3 heterocycles. The molecular formula is C24H41N6O18PS. The molecular weight excluding hydrogens is 723 g/mol. The fraction of sp³-hybridized carbons (Fsp3) is 0.708. The molecule has 1 aromatic heterocycles. The van der Waals surface area contributed by atoms with Crippen LogP contribution in [-0.4, -0.2) is 158 Å². The number of nitrogen functional groups attached to an aromatic ring is 1. The molecule has 0 bridgehead atoms. The molecule has 10 atom stereocenters. The molecule has 2 saturated heterocycles. The average molecular weight is 765 g/mol. The quantitative estimate of drug-likeness (QED) is 0.0475. The molecule has 16 N–H and O–H groups in total. The first-order valence-electron chi connectivity index (χ1n) is 14.4. The zero-order valence-electron chi connectivity index (χ0n) is 25.9. The van der Waals surface area contributed by atoms with Crippen molar-refractivity contribution in [1.29, 1.82) is 0 Å². The minimum Gasteiger partial charge on any atom is -0.477 e. The molecule has 0 aromatic carbocycles. The van der Waals surface area contributed by atoms with Crippen LogP contribution in [-0.2, 0) is 32.9 Å². The number of phosphoric acid groups is 1. The largest absolute Gasteiger partial charge is 0.477 e. The van der Waals surface area contributed by atoms with Crippen molar-refractivity contribution in [1.82, 2.24) is 20.2 Å². The summed E-state index contributed by atoms with van der Waals surface area (Å²) in [5.74, 6) is -5.81. The van der Waals surface area contributed by atoms with Crippen LogP contribution in [0.3, 0.4) is 0 Å². The summed E-state index contributed by atoms with van der Waals surface area (Å²) in [5, 5.41) is 82.4. The molecule has 2 aliphatic rings. The minimum atomic E-state index is -4.74. The van der Waals surface area contributed by atoms with Crippen LogP contribution < -0.4 is 27.8 Å². The Morgan fingerprint density at radius 1 is 1.20 bits per heavy atom. The number of phosphoric ester groups is 1. The Hall–Kier alpha value is -2.85. The van der Waals surface area contributed by atoms with E-state index in [-0.39, 0.29) is 12.2 Å². The molecule has 50 heavy (non-hydrogen) atoms. The third-order valence-electron chi connectivity index (χ3n) is 7.27. The van der Waals surface area contributed by atoms with Gasteiger partial charge >= 0.3 is 19.5 Å². The second-order valence-corrected chi connectivity index (χ2v) is 12.7. The molecule has 2 fully saturated rings. The van der Waals surface area contributed by atoms with Gasteiger partial charge in [-0.1, -0.05) is 0 Å². The number of carboxylic acid groups (broad SMARTS) is 1. The number of carboxylic acids is 1. The second-order valence-electron chi connectivity index (χ2n) is 11.0. The van der Waals surface area contributed by atoms with Gasteiger partial charge in [0, 0.05) is 19.0 Å². The van der Waals surface area contributed by atoms with Gasteiger partial charge < -0.3 is 82.2 Å². The molecule has 286 valence electrons. The highest BCUT2D eigenvalue weighted by Gasteiger charge is 2.60. The summed E-state index contributed by atoms with van der Waals surface area (Å²) < 4.78 is 25.9. The Kier molecular flexibility index (Phi) is 15.7. The van der Waals surface area contributed by atoms with E-state index in [1.165, 1.54) is 12.3 Å². The summed E-state index contributed by atoms with van der Waals surface area (Å²) in [7, 11) is -4.74. The van der Waals surface area contributed by atoms with Gasteiger partial charge in [0.15, 0.2) is 6.23 Å². The zero-order chi connectivity index (χ0) is 38.2. The zero-order valence-corrected chi connectivity index (χ0v) is 27.7. The lowest BCUT2D eigenvalue weighted by Crippen LogP contribution is -2.79. The fourth-order valence-electron chi connectivity index (χ4n) is 4.61. The van der Waals surface area contributed by atoms with E-state index in [1.807, 2.05) is 0 Å². The van der Waals surface area contributed by atoms with Gasteiger partial charge in [0.05, 0.1) is 25.9 Å². The van der Waals surface area contributed by atoms with Crippen LogP contribution in [0.5, 0.6) is 0 Å². The van der Waals surface area contributed by atoms with Crippen LogP contribution in [0.1, 0.15) is 25.5 Å². The molecule has 0 unspecified atom stereocenters. The number of carbonyl (C=O) groups is 3. The van der Waals surface area contributed by atoms with E-state index in [4.69, 9.17) is 40.9 Å². The summed E-state index contributed by atoms with van der Waals surface area (Å²) in [6.07, 6.45) is -12.6. The van der Waals surface area contributed by atoms with Gasteiger partial charge in [-0.2, -0.15) is 17.6 Å². The number of amides is 2. The van der Waals surface area contributed by atoms with Crippen molar-refractivity contribution in [2.45, 2.75) is 79.7 Å². The highest BCUT2D eigenvalue weighted by atomic mass is 32.1. The molecule has 1 aromatic rings. The number of thiol groups is 1. The van der Waals surface area contributed by atoms with Crippen molar-refractivity contribution < 1.29 is 83.6 Å². The predicted molar refractivity (Wildman–Crippen MR) is 165 cm³/mol. The Morgan fingerprint density at radius 3 is 2.38 bits per heavy atom. The number of nitrogens with one attached hydrogen (secondary N) is 2. The number of hydrogen-bond acceptors (Lipinski definition) is 19. The lowest BCUT2D eigenvalue weighted by Gasteiger charge is -2.50. The number of aliphatic hydroxyl groups is 7. The van der Waals surface area contributed by atoms with E-state index in [9.17, 15) is 54.4 Å². The van der Waals surface area contributed by atoms with Crippen LogP contribution >= 0.6 is 20.5 Å². The highest BCUT2D eigenvalue weighted by Crippen LogP contribution is 2.38. The second kappa shape index (κ2) is 18.1. The smallest absolute Gasteiger partial charge is 0.469 e. The number of nitrogens with zero attached hydrogens (tertiary/aromatic N) is 2. The van der Waals surface area contributed by atoms with Crippen molar-refractivity contribution in [2.24, 2.45) is 5.73 Å². The van der Waals surface area contributed by atoms with Crippen LogP contribution in [0.15, 0.2) is 17.1 Å². The molecule has 26 heteroatoms. The fourth-order valence-corrected chi connectivity index (χ4v) is 5.11. The Morgan fingerprint density at radius 2 is 1.84 bits per heavy atom. The van der Waals surface area contributed by atoms with E-state index in [2.05, 4.69) is 32.8 Å². The molecule has 0 spiro atoms. The van der Waals surface area contributed by atoms with Crippen molar-refractivity contribution in [3.05, 3.63) is 22.7 Å². The summed E-state index contributed by atoms with van der Waals surface area (Å²) in [4.78, 5) is 67.3. The van der Waals surface area contributed by atoms with Crippen molar-refractivity contribution >= 4 is 44.1 Å². The summed E-state index contributed by atoms with van der Waals surface area (Å²) in [6.45, 7) is -2.21. The first-order chi connectivity index (χ1) is 23.1. The lowest BCUT2D eigenvalue weighted by molar-refractivity contribution is -0.311. The molecule has 24 nitrogen and oxygen atoms in total. The topological polar surface area (TPSA) is 409 Å². The molecule has 2 aliphatic heterocycles. The maximum absolute atomic E-state index is 12.2. The number of rotatable bonds is 14. The number of nitrogens with two attached hydrogens (primary N) is 2. The molecule has 0 saturated carbocycles. The van der Waals surface area contributed by atoms with Gasteiger partial charge in [-0.15, -0.1) is 0 Å². The lowest BCUT2D eigenvalue weighted by atomic mass is 9.83. The number of aliphatic hydroxyl groups excluding tert-OH is 6.